The third-order valence-electron chi connectivity index (χ3n) is 3.77. The van der Waals surface area contributed by atoms with Gasteiger partial charge in [-0.05, 0) is 62.7 Å². The van der Waals surface area contributed by atoms with E-state index >= 15 is 0 Å². The van der Waals surface area contributed by atoms with Crippen molar-refractivity contribution >= 4 is 11.3 Å². The predicted molar refractivity (Wildman–Crippen MR) is 80.3 cm³/mol. The Morgan fingerprint density at radius 1 is 1.33 bits per heavy atom. The van der Waals surface area contributed by atoms with Gasteiger partial charge in [0.05, 0.1) is 0 Å². The molecule has 1 aromatic rings. The van der Waals surface area contributed by atoms with Crippen LogP contribution in [0, 0.1) is 5.92 Å². The molecule has 0 amide bonds. The van der Waals surface area contributed by atoms with Gasteiger partial charge in [-0.15, -0.1) is 11.3 Å². The quantitative estimate of drug-likeness (QED) is 0.816. The zero-order valence-corrected chi connectivity index (χ0v) is 12.3. The van der Waals surface area contributed by atoms with E-state index in [1.165, 1.54) is 63.3 Å². The van der Waals surface area contributed by atoms with Crippen LogP contribution in [0.3, 0.4) is 0 Å². The third-order valence-corrected chi connectivity index (χ3v) is 4.71. The van der Waals surface area contributed by atoms with Crippen LogP contribution in [0.25, 0.3) is 0 Å². The maximum Gasteiger partial charge on any atom is 0.00579 e. The number of thiophene rings is 1. The van der Waals surface area contributed by atoms with Crippen LogP contribution in [0.4, 0.5) is 0 Å². The van der Waals surface area contributed by atoms with Gasteiger partial charge in [0.15, 0.2) is 0 Å². The Hall–Kier alpha value is -0.380. The molecular formula is C15H26N2S. The Kier molecular flexibility index (Phi) is 6.18. The second kappa shape index (κ2) is 7.93. The van der Waals surface area contributed by atoms with Gasteiger partial charge in [-0.25, -0.2) is 0 Å². The van der Waals surface area contributed by atoms with Crippen LogP contribution in [0.15, 0.2) is 17.5 Å². The second-order valence-electron chi connectivity index (χ2n) is 5.32. The van der Waals surface area contributed by atoms with Crippen LogP contribution < -0.4 is 5.32 Å². The largest absolute Gasteiger partial charge is 0.317 e. The molecule has 3 heteroatoms. The molecule has 1 saturated heterocycles. The minimum absolute atomic E-state index is 0.918. The van der Waals surface area contributed by atoms with Crippen molar-refractivity contribution in [2.75, 3.05) is 32.7 Å². The van der Waals surface area contributed by atoms with E-state index in [0.29, 0.717) is 0 Å². The lowest BCUT2D eigenvalue weighted by molar-refractivity contribution is 0.208. The van der Waals surface area contributed by atoms with Crippen molar-refractivity contribution in [3.63, 3.8) is 0 Å². The average molecular weight is 266 g/mol. The molecule has 2 rings (SSSR count). The molecule has 0 atom stereocenters. The highest BCUT2D eigenvalue weighted by molar-refractivity contribution is 7.09. The molecule has 2 heterocycles. The van der Waals surface area contributed by atoms with Crippen molar-refractivity contribution in [2.45, 2.75) is 32.6 Å². The highest BCUT2D eigenvalue weighted by atomic mass is 32.1. The Balaban J connectivity index is 1.75. The summed E-state index contributed by atoms with van der Waals surface area (Å²) >= 11 is 1.89. The lowest BCUT2D eigenvalue weighted by atomic mass is 9.97. The predicted octanol–water partition coefficient (Wildman–Crippen LogP) is 3.00. The van der Waals surface area contributed by atoms with E-state index in [2.05, 4.69) is 34.7 Å². The van der Waals surface area contributed by atoms with Gasteiger partial charge >= 0.3 is 0 Å². The van der Waals surface area contributed by atoms with Crippen LogP contribution in [0.5, 0.6) is 0 Å². The van der Waals surface area contributed by atoms with E-state index in [-0.39, 0.29) is 0 Å². The lowest BCUT2D eigenvalue weighted by Crippen LogP contribution is -2.37. The van der Waals surface area contributed by atoms with Crippen LogP contribution >= 0.6 is 11.3 Å². The summed E-state index contributed by atoms with van der Waals surface area (Å²) in [6.45, 7) is 8.53. The molecule has 0 saturated carbocycles. The average Bonchev–Trinajstić information content (AvgIpc) is 2.91. The van der Waals surface area contributed by atoms with Crippen molar-refractivity contribution in [1.29, 1.82) is 0 Å². The highest BCUT2D eigenvalue weighted by Gasteiger charge is 2.16. The minimum atomic E-state index is 0.918. The van der Waals surface area contributed by atoms with E-state index in [1.54, 1.807) is 0 Å². The zero-order chi connectivity index (χ0) is 12.6. The lowest BCUT2D eigenvalue weighted by Gasteiger charge is -2.29. The fraction of sp³-hybridized carbons (Fsp3) is 0.733. The maximum absolute atomic E-state index is 3.46. The molecule has 0 spiro atoms. The summed E-state index contributed by atoms with van der Waals surface area (Å²) in [5, 5.41) is 5.64. The van der Waals surface area contributed by atoms with E-state index in [1.807, 2.05) is 11.3 Å². The molecule has 102 valence electrons. The summed E-state index contributed by atoms with van der Waals surface area (Å²) in [5.41, 5.74) is 0. The van der Waals surface area contributed by atoms with Crippen LogP contribution in [0.1, 0.15) is 31.1 Å². The Morgan fingerprint density at radius 2 is 2.17 bits per heavy atom. The summed E-state index contributed by atoms with van der Waals surface area (Å²) in [4.78, 5) is 4.21. The summed E-state index contributed by atoms with van der Waals surface area (Å²) in [6, 6.07) is 4.43. The van der Waals surface area contributed by atoms with Gasteiger partial charge in [0.2, 0.25) is 0 Å². The Morgan fingerprint density at radius 3 is 2.83 bits per heavy atom. The first-order valence-corrected chi connectivity index (χ1v) is 8.22. The standard InChI is InChI=1S/C15H26N2S/c1-2-10-17(11-7-15-4-3-12-18-15)13-14-5-8-16-9-6-14/h3-4,12,14,16H,2,5-11,13H2,1H3. The van der Waals surface area contributed by atoms with Gasteiger partial charge in [0.25, 0.3) is 0 Å². The van der Waals surface area contributed by atoms with Crippen molar-refractivity contribution < 1.29 is 0 Å². The summed E-state index contributed by atoms with van der Waals surface area (Å²) < 4.78 is 0. The molecule has 0 unspecified atom stereocenters. The van der Waals surface area contributed by atoms with Crippen LogP contribution in [-0.2, 0) is 6.42 Å². The van der Waals surface area contributed by atoms with Crippen LogP contribution in [-0.4, -0.2) is 37.6 Å². The molecule has 2 nitrogen and oxygen atoms in total. The van der Waals surface area contributed by atoms with Gasteiger partial charge in [0, 0.05) is 18.0 Å². The zero-order valence-electron chi connectivity index (χ0n) is 11.5. The molecule has 1 aromatic heterocycles. The Bertz CT molecular complexity index is 304. The maximum atomic E-state index is 3.46. The van der Waals surface area contributed by atoms with Gasteiger partial charge < -0.3 is 10.2 Å². The first-order chi connectivity index (χ1) is 8.88. The molecule has 0 aliphatic carbocycles. The molecule has 1 N–H and O–H groups in total. The molecule has 0 radical (unpaired) electrons. The SMILES string of the molecule is CCCN(CCc1cccs1)CC1CCNCC1. The number of nitrogens with one attached hydrogen (secondary N) is 1. The minimum Gasteiger partial charge on any atom is -0.317 e. The summed E-state index contributed by atoms with van der Waals surface area (Å²) in [7, 11) is 0. The molecule has 18 heavy (non-hydrogen) atoms. The summed E-state index contributed by atoms with van der Waals surface area (Å²) in [6.07, 6.45) is 5.22. The number of hydrogen-bond acceptors (Lipinski definition) is 3. The van der Waals surface area contributed by atoms with E-state index in [4.69, 9.17) is 0 Å². The van der Waals surface area contributed by atoms with Crippen molar-refractivity contribution in [3.8, 4) is 0 Å². The third kappa shape index (κ3) is 4.71. The molecule has 1 fully saturated rings. The number of hydrogen-bond donors (Lipinski definition) is 1. The van der Waals surface area contributed by atoms with Gasteiger partial charge in [0.1, 0.15) is 0 Å². The molecule has 1 aliphatic heterocycles. The van der Waals surface area contributed by atoms with Crippen molar-refractivity contribution in [3.05, 3.63) is 22.4 Å². The topological polar surface area (TPSA) is 15.3 Å². The first-order valence-electron chi connectivity index (χ1n) is 7.34. The molecular weight excluding hydrogens is 240 g/mol. The monoisotopic (exact) mass is 266 g/mol. The molecule has 0 aromatic carbocycles. The number of nitrogens with zero attached hydrogens (tertiary/aromatic N) is 1. The fourth-order valence-electron chi connectivity index (χ4n) is 2.76. The number of rotatable bonds is 7. The van der Waals surface area contributed by atoms with Crippen molar-refractivity contribution in [2.24, 2.45) is 5.92 Å². The van der Waals surface area contributed by atoms with E-state index in [0.717, 1.165) is 5.92 Å². The first kappa shape index (κ1) is 14.0. The highest BCUT2D eigenvalue weighted by Crippen LogP contribution is 2.15. The second-order valence-corrected chi connectivity index (χ2v) is 6.36. The number of piperidine rings is 1. The van der Waals surface area contributed by atoms with E-state index in [9.17, 15) is 0 Å². The molecule has 1 aliphatic rings. The van der Waals surface area contributed by atoms with Crippen molar-refractivity contribution in [1.82, 2.24) is 10.2 Å². The van der Waals surface area contributed by atoms with Crippen LogP contribution in [0.2, 0.25) is 0 Å². The fourth-order valence-corrected chi connectivity index (χ4v) is 3.46. The van der Waals surface area contributed by atoms with Gasteiger partial charge in [-0.2, -0.15) is 0 Å². The van der Waals surface area contributed by atoms with Gasteiger partial charge in [-0.3, -0.25) is 0 Å². The van der Waals surface area contributed by atoms with E-state index < -0.39 is 0 Å². The normalized spacial score (nSPS) is 17.4. The van der Waals surface area contributed by atoms with Gasteiger partial charge in [-0.1, -0.05) is 13.0 Å². The smallest absolute Gasteiger partial charge is 0.00579 e. The summed E-state index contributed by atoms with van der Waals surface area (Å²) in [5.74, 6) is 0.918. The molecule has 0 bridgehead atoms. The Labute approximate surface area is 115 Å².